The van der Waals surface area contributed by atoms with Gasteiger partial charge in [0.2, 0.25) is 11.9 Å². The Morgan fingerprint density at radius 1 is 1.03 bits per heavy atom. The molecule has 9 nitrogen and oxygen atoms in total. The van der Waals surface area contributed by atoms with E-state index >= 15 is 0 Å². The van der Waals surface area contributed by atoms with Crippen LogP contribution in [0.2, 0.25) is 0 Å². The fourth-order valence-electron chi connectivity index (χ4n) is 4.74. The highest BCUT2D eigenvalue weighted by Gasteiger charge is 2.38. The number of piperazine rings is 1. The molecule has 4 heterocycles. The van der Waals surface area contributed by atoms with Crippen molar-refractivity contribution in [2.45, 2.75) is 57.0 Å². The zero-order valence-electron chi connectivity index (χ0n) is 19.8. The summed E-state index contributed by atoms with van der Waals surface area (Å²) in [5.41, 5.74) is -3.57. The third kappa shape index (κ3) is 5.96. The van der Waals surface area contributed by atoms with E-state index in [4.69, 9.17) is 0 Å². The lowest BCUT2D eigenvalue weighted by molar-refractivity contribution is -0.139. The van der Waals surface area contributed by atoms with Gasteiger partial charge in [0.05, 0.1) is 5.56 Å². The van der Waals surface area contributed by atoms with Crippen molar-refractivity contribution in [1.82, 2.24) is 25.1 Å². The van der Waals surface area contributed by atoms with Crippen molar-refractivity contribution in [3.8, 4) is 0 Å². The molecule has 1 amide bonds. The van der Waals surface area contributed by atoms with Gasteiger partial charge in [-0.25, -0.2) is 15.1 Å². The van der Waals surface area contributed by atoms with Crippen LogP contribution in [-0.2, 0) is 17.1 Å². The summed E-state index contributed by atoms with van der Waals surface area (Å²) in [5.74, 6) is 0.0414. The van der Waals surface area contributed by atoms with E-state index in [9.17, 15) is 35.9 Å². The first-order valence-electron chi connectivity index (χ1n) is 11.7. The molecule has 0 spiro atoms. The summed E-state index contributed by atoms with van der Waals surface area (Å²) in [6.07, 6.45) is -5.96. The van der Waals surface area contributed by atoms with Crippen molar-refractivity contribution in [1.29, 1.82) is 0 Å². The van der Waals surface area contributed by atoms with Crippen molar-refractivity contribution >= 4 is 17.7 Å². The minimum Gasteiger partial charge on any atom is -0.349 e. The van der Waals surface area contributed by atoms with Crippen LogP contribution in [0.15, 0.2) is 23.3 Å². The molecule has 37 heavy (non-hydrogen) atoms. The Bertz CT molecular complexity index is 1160. The number of carbonyl (C=O) groups is 1. The van der Waals surface area contributed by atoms with Crippen molar-refractivity contribution in [3.63, 3.8) is 0 Å². The Morgan fingerprint density at radius 2 is 1.68 bits per heavy atom. The third-order valence-electron chi connectivity index (χ3n) is 6.72. The average molecular weight is 533 g/mol. The first-order chi connectivity index (χ1) is 17.3. The maximum Gasteiger partial charge on any atom is 0.421 e. The minimum absolute atomic E-state index is 0.0135. The fourth-order valence-corrected chi connectivity index (χ4v) is 4.74. The smallest absolute Gasteiger partial charge is 0.349 e. The Balaban J connectivity index is 1.33. The van der Waals surface area contributed by atoms with Crippen LogP contribution in [0.5, 0.6) is 0 Å². The summed E-state index contributed by atoms with van der Waals surface area (Å²) in [6.45, 7) is 3.23. The van der Waals surface area contributed by atoms with Gasteiger partial charge in [-0.2, -0.15) is 31.4 Å². The molecule has 0 aromatic carbocycles. The number of halogens is 6. The maximum absolute atomic E-state index is 13.2. The highest BCUT2D eigenvalue weighted by molar-refractivity contribution is 5.76. The normalized spacial score (nSPS) is 21.0. The number of nitrogens with zero attached hydrogens (tertiary/aromatic N) is 6. The van der Waals surface area contributed by atoms with Gasteiger partial charge in [0.25, 0.3) is 5.56 Å². The molecule has 4 rings (SSSR count). The Morgan fingerprint density at radius 3 is 2.27 bits per heavy atom. The van der Waals surface area contributed by atoms with Gasteiger partial charge in [-0.1, -0.05) is 0 Å². The number of anilines is 2. The highest BCUT2D eigenvalue weighted by atomic mass is 19.4. The average Bonchev–Trinajstić information content (AvgIpc) is 3.22. The molecule has 2 aliphatic rings. The first kappa shape index (κ1) is 26.7. The minimum atomic E-state index is -4.81. The second-order valence-corrected chi connectivity index (χ2v) is 9.13. The number of aromatic nitrogens is 4. The topological polar surface area (TPSA) is 98.3 Å². The number of hydrogen-bond donors (Lipinski definition) is 1. The van der Waals surface area contributed by atoms with Crippen LogP contribution in [0, 0.1) is 0 Å². The van der Waals surface area contributed by atoms with Gasteiger partial charge in [-0.3, -0.25) is 9.59 Å². The van der Waals surface area contributed by atoms with Crippen LogP contribution >= 0.6 is 0 Å². The third-order valence-corrected chi connectivity index (χ3v) is 6.72. The second-order valence-electron chi connectivity index (χ2n) is 9.13. The standard InChI is InChI=1S/C22H25F6N7O2/c1-13-2-3-15(35(13)17-10-16(22(26,27)28)19(37)32-31-17)4-5-18(36)33-6-8-34(9-7-33)20-29-11-14(12-30-20)21(23,24)25/h10-13,15H,2-9H2,1H3,(H,32,37)/t13-,15-/m0/s1. The summed E-state index contributed by atoms with van der Waals surface area (Å²) in [6, 6.07) is 0.407. The Labute approximate surface area is 207 Å². The SMILES string of the molecule is C[C@H]1CC[C@@H](CCC(=O)N2CCN(c3ncc(C(F)(F)F)cn3)CC2)N1c1cc(C(F)(F)F)c(=O)[nH]n1. The summed E-state index contributed by atoms with van der Waals surface area (Å²) in [4.78, 5) is 37.1. The monoisotopic (exact) mass is 533 g/mol. The van der Waals surface area contributed by atoms with Crippen molar-refractivity contribution < 1.29 is 31.1 Å². The lowest BCUT2D eigenvalue weighted by Crippen LogP contribution is -2.49. The summed E-state index contributed by atoms with van der Waals surface area (Å²) >= 11 is 0. The zero-order valence-corrected chi connectivity index (χ0v) is 19.8. The number of hydrogen-bond acceptors (Lipinski definition) is 7. The Kier molecular flexibility index (Phi) is 7.33. The molecule has 0 radical (unpaired) electrons. The predicted octanol–water partition coefficient (Wildman–Crippen LogP) is 3.08. The number of carbonyl (C=O) groups excluding carboxylic acids is 1. The number of aromatic amines is 1. The number of rotatable bonds is 5. The first-order valence-corrected chi connectivity index (χ1v) is 11.7. The molecule has 1 N–H and O–H groups in total. The van der Waals surface area contributed by atoms with E-state index in [0.29, 0.717) is 45.4 Å². The van der Waals surface area contributed by atoms with E-state index in [1.165, 1.54) is 0 Å². The molecule has 2 saturated heterocycles. The van der Waals surface area contributed by atoms with Gasteiger partial charge in [0.1, 0.15) is 11.4 Å². The summed E-state index contributed by atoms with van der Waals surface area (Å²) in [7, 11) is 0. The van der Waals surface area contributed by atoms with Crippen molar-refractivity contribution in [2.75, 3.05) is 36.0 Å². The quantitative estimate of drug-likeness (QED) is 0.590. The van der Waals surface area contributed by atoms with Crippen LogP contribution in [0.3, 0.4) is 0 Å². The lowest BCUT2D eigenvalue weighted by Gasteiger charge is -2.35. The largest absolute Gasteiger partial charge is 0.421 e. The fraction of sp³-hybridized carbons (Fsp3) is 0.591. The van der Waals surface area contributed by atoms with Gasteiger partial charge in [0, 0.05) is 63.1 Å². The molecule has 0 aliphatic carbocycles. The second kappa shape index (κ2) is 10.2. The lowest BCUT2D eigenvalue weighted by atomic mass is 10.1. The molecule has 2 atom stereocenters. The van der Waals surface area contributed by atoms with E-state index in [1.54, 1.807) is 14.7 Å². The molecule has 2 aromatic heterocycles. The number of H-pyrrole nitrogens is 1. The van der Waals surface area contributed by atoms with E-state index in [2.05, 4.69) is 15.1 Å². The van der Waals surface area contributed by atoms with Gasteiger partial charge in [-0.15, -0.1) is 0 Å². The molecule has 202 valence electrons. The van der Waals surface area contributed by atoms with Crippen LogP contribution in [0.1, 0.15) is 43.7 Å². The molecular weight excluding hydrogens is 508 g/mol. The van der Waals surface area contributed by atoms with Crippen molar-refractivity contribution in [3.05, 3.63) is 39.9 Å². The summed E-state index contributed by atoms with van der Waals surface area (Å²) < 4.78 is 77.7. The molecule has 0 unspecified atom stereocenters. The molecule has 15 heteroatoms. The van der Waals surface area contributed by atoms with Gasteiger partial charge < -0.3 is 14.7 Å². The van der Waals surface area contributed by atoms with Crippen molar-refractivity contribution in [2.24, 2.45) is 0 Å². The highest BCUT2D eigenvalue weighted by Crippen LogP contribution is 2.34. The zero-order chi connectivity index (χ0) is 27.0. The van der Waals surface area contributed by atoms with Crippen LogP contribution in [0.4, 0.5) is 38.1 Å². The van der Waals surface area contributed by atoms with E-state index in [0.717, 1.165) is 18.5 Å². The van der Waals surface area contributed by atoms with Gasteiger partial charge >= 0.3 is 12.4 Å². The van der Waals surface area contributed by atoms with E-state index < -0.39 is 29.0 Å². The maximum atomic E-state index is 13.2. The number of alkyl halides is 6. The van der Waals surface area contributed by atoms with Gasteiger partial charge in [-0.05, 0) is 26.2 Å². The molecule has 2 aromatic rings. The van der Waals surface area contributed by atoms with Gasteiger partial charge in [0.15, 0.2) is 0 Å². The summed E-state index contributed by atoms with van der Waals surface area (Å²) in [5, 5.41) is 5.75. The predicted molar refractivity (Wildman–Crippen MR) is 120 cm³/mol. The molecule has 0 bridgehead atoms. The molecule has 2 fully saturated rings. The number of nitrogens with one attached hydrogen (secondary N) is 1. The number of amides is 1. The molecular formula is C22H25F6N7O2. The van der Waals surface area contributed by atoms with Crippen LogP contribution < -0.4 is 15.4 Å². The van der Waals surface area contributed by atoms with E-state index in [1.807, 2.05) is 12.0 Å². The van der Waals surface area contributed by atoms with E-state index in [-0.39, 0.29) is 36.2 Å². The van der Waals surface area contributed by atoms with Crippen LogP contribution in [-0.4, -0.2) is 69.2 Å². The molecule has 0 saturated carbocycles. The molecule has 2 aliphatic heterocycles. The van der Waals surface area contributed by atoms with Crippen LogP contribution in [0.25, 0.3) is 0 Å². The Hall–Kier alpha value is -3.39.